The first kappa shape index (κ1) is 17.5. The number of benzene rings is 1. The van der Waals surface area contributed by atoms with Gasteiger partial charge in [0, 0.05) is 38.4 Å². The minimum absolute atomic E-state index is 0.0260. The van der Waals surface area contributed by atoms with Crippen molar-refractivity contribution in [1.82, 2.24) is 19.0 Å². The van der Waals surface area contributed by atoms with Gasteiger partial charge in [0.25, 0.3) is 5.91 Å². The van der Waals surface area contributed by atoms with E-state index in [4.69, 9.17) is 0 Å². The van der Waals surface area contributed by atoms with Crippen molar-refractivity contribution < 1.29 is 4.79 Å². The molecule has 0 unspecified atom stereocenters. The highest BCUT2D eigenvalue weighted by Gasteiger charge is 2.25. The number of aryl methyl sites for hydroxylation is 2. The Morgan fingerprint density at radius 3 is 2.70 bits per heavy atom. The average Bonchev–Trinajstić information content (AvgIpc) is 2.93. The molecule has 0 spiro atoms. The molecule has 3 aromatic rings. The van der Waals surface area contributed by atoms with Crippen LogP contribution in [0.1, 0.15) is 28.8 Å². The molecule has 0 N–H and O–H groups in total. The lowest BCUT2D eigenvalue weighted by atomic mass is 9.96. The number of pyridine rings is 1. The molecule has 140 valence electrons. The van der Waals surface area contributed by atoms with Gasteiger partial charge in [0.1, 0.15) is 0 Å². The molecule has 27 heavy (non-hydrogen) atoms. The molecule has 0 bridgehead atoms. The van der Waals surface area contributed by atoms with E-state index in [-0.39, 0.29) is 11.6 Å². The van der Waals surface area contributed by atoms with Gasteiger partial charge in [-0.1, -0.05) is 17.7 Å². The Kier molecular flexibility index (Phi) is 4.56. The molecule has 1 fully saturated rings. The third-order valence-corrected chi connectivity index (χ3v) is 5.51. The summed E-state index contributed by atoms with van der Waals surface area (Å²) in [6.45, 7) is 4.10. The van der Waals surface area contributed by atoms with Crippen molar-refractivity contribution in [3.05, 3.63) is 64.2 Å². The molecule has 1 amide bonds. The Balaban J connectivity index is 1.45. The summed E-state index contributed by atoms with van der Waals surface area (Å²) in [4.78, 5) is 31.6. The summed E-state index contributed by atoms with van der Waals surface area (Å²) < 4.78 is 3.43. The van der Waals surface area contributed by atoms with Crippen LogP contribution in [0.25, 0.3) is 11.2 Å². The van der Waals surface area contributed by atoms with E-state index in [2.05, 4.69) is 4.98 Å². The summed E-state index contributed by atoms with van der Waals surface area (Å²) in [5.74, 6) is 0.470. The zero-order chi connectivity index (χ0) is 19.0. The first-order valence-electron chi connectivity index (χ1n) is 9.41. The number of fused-ring (bicyclic) bond motifs is 1. The quantitative estimate of drug-likeness (QED) is 0.718. The Labute approximate surface area is 158 Å². The largest absolute Gasteiger partial charge is 0.339 e. The zero-order valence-corrected chi connectivity index (χ0v) is 15.8. The lowest BCUT2D eigenvalue weighted by molar-refractivity contribution is 0.0682. The van der Waals surface area contributed by atoms with Crippen LogP contribution >= 0.6 is 0 Å². The van der Waals surface area contributed by atoms with Crippen molar-refractivity contribution in [2.75, 3.05) is 13.1 Å². The van der Waals surface area contributed by atoms with E-state index in [1.165, 1.54) is 0 Å². The second-order valence-corrected chi connectivity index (χ2v) is 7.40. The van der Waals surface area contributed by atoms with Crippen LogP contribution in [0, 0.1) is 12.8 Å². The number of imidazole rings is 1. The van der Waals surface area contributed by atoms with Crippen LogP contribution in [-0.2, 0) is 13.6 Å². The van der Waals surface area contributed by atoms with Gasteiger partial charge in [-0.25, -0.2) is 9.78 Å². The lowest BCUT2D eigenvalue weighted by Crippen LogP contribution is -2.40. The van der Waals surface area contributed by atoms with Crippen LogP contribution in [-0.4, -0.2) is 38.0 Å². The van der Waals surface area contributed by atoms with Gasteiger partial charge in [-0.05, 0) is 49.9 Å². The normalized spacial score (nSPS) is 15.4. The molecule has 1 aromatic carbocycles. The monoisotopic (exact) mass is 364 g/mol. The van der Waals surface area contributed by atoms with Gasteiger partial charge in [0.05, 0.1) is 5.52 Å². The molecule has 1 saturated heterocycles. The Morgan fingerprint density at radius 1 is 1.19 bits per heavy atom. The Hall–Kier alpha value is -2.89. The average molecular weight is 364 g/mol. The van der Waals surface area contributed by atoms with Gasteiger partial charge in [0.15, 0.2) is 5.65 Å². The molecule has 2 aromatic heterocycles. The summed E-state index contributed by atoms with van der Waals surface area (Å²) in [6, 6.07) is 11.5. The SMILES string of the molecule is Cc1cccc(C(=O)N2CCC(Cn3c(=O)n(C)c4cccnc43)CC2)c1. The molecular weight excluding hydrogens is 340 g/mol. The smallest absolute Gasteiger partial charge is 0.330 e. The fourth-order valence-corrected chi connectivity index (χ4v) is 3.94. The van der Waals surface area contributed by atoms with E-state index in [1.54, 1.807) is 22.4 Å². The first-order chi connectivity index (χ1) is 13.0. The number of aromatic nitrogens is 3. The summed E-state index contributed by atoms with van der Waals surface area (Å²) in [5.41, 5.74) is 3.42. The molecular formula is C21H24N4O2. The molecule has 6 heteroatoms. The van der Waals surface area contributed by atoms with E-state index in [9.17, 15) is 9.59 Å². The van der Waals surface area contributed by atoms with Gasteiger partial charge in [-0.15, -0.1) is 0 Å². The minimum Gasteiger partial charge on any atom is -0.339 e. The maximum absolute atomic E-state index is 12.7. The number of amides is 1. The van der Waals surface area contributed by atoms with Crippen molar-refractivity contribution in [2.45, 2.75) is 26.3 Å². The number of piperidine rings is 1. The molecule has 3 heterocycles. The molecule has 0 atom stereocenters. The molecule has 6 nitrogen and oxygen atoms in total. The highest BCUT2D eigenvalue weighted by atomic mass is 16.2. The Bertz CT molecular complexity index is 1040. The van der Waals surface area contributed by atoms with Gasteiger partial charge in [0.2, 0.25) is 0 Å². The predicted molar refractivity (Wildman–Crippen MR) is 105 cm³/mol. The van der Waals surface area contributed by atoms with Crippen molar-refractivity contribution >= 4 is 17.1 Å². The van der Waals surface area contributed by atoms with E-state index in [0.717, 1.165) is 48.2 Å². The number of hydrogen-bond acceptors (Lipinski definition) is 3. The summed E-state index contributed by atoms with van der Waals surface area (Å²) in [7, 11) is 1.78. The molecule has 1 aliphatic heterocycles. The van der Waals surface area contributed by atoms with E-state index < -0.39 is 0 Å². The van der Waals surface area contributed by atoms with Crippen LogP contribution in [0.2, 0.25) is 0 Å². The van der Waals surface area contributed by atoms with E-state index >= 15 is 0 Å². The molecule has 0 saturated carbocycles. The highest BCUT2D eigenvalue weighted by Crippen LogP contribution is 2.22. The number of nitrogens with zero attached hydrogens (tertiary/aromatic N) is 4. The van der Waals surface area contributed by atoms with Crippen molar-refractivity contribution in [3.63, 3.8) is 0 Å². The van der Waals surface area contributed by atoms with Crippen molar-refractivity contribution in [1.29, 1.82) is 0 Å². The second kappa shape index (κ2) is 7.02. The van der Waals surface area contributed by atoms with Crippen LogP contribution in [0.15, 0.2) is 47.4 Å². The highest BCUT2D eigenvalue weighted by molar-refractivity contribution is 5.94. The maximum atomic E-state index is 12.7. The van der Waals surface area contributed by atoms with Crippen LogP contribution < -0.4 is 5.69 Å². The van der Waals surface area contributed by atoms with Gasteiger partial charge in [-0.3, -0.25) is 13.9 Å². The topological polar surface area (TPSA) is 60.1 Å². The summed E-state index contributed by atoms with van der Waals surface area (Å²) >= 11 is 0. The van der Waals surface area contributed by atoms with Gasteiger partial charge >= 0.3 is 5.69 Å². The summed E-state index contributed by atoms with van der Waals surface area (Å²) in [6.07, 6.45) is 3.52. The zero-order valence-electron chi connectivity index (χ0n) is 15.8. The van der Waals surface area contributed by atoms with Crippen LogP contribution in [0.5, 0.6) is 0 Å². The molecule has 4 rings (SSSR count). The van der Waals surface area contributed by atoms with Crippen LogP contribution in [0.3, 0.4) is 0 Å². The third-order valence-electron chi connectivity index (χ3n) is 5.51. The Morgan fingerprint density at radius 2 is 1.96 bits per heavy atom. The number of carbonyl (C=O) groups is 1. The number of carbonyl (C=O) groups excluding carboxylic acids is 1. The summed E-state index contributed by atoms with van der Waals surface area (Å²) in [5, 5.41) is 0. The fraction of sp³-hybridized carbons (Fsp3) is 0.381. The van der Waals surface area contributed by atoms with E-state index in [1.807, 2.05) is 48.2 Å². The predicted octanol–water partition coefficient (Wildman–Crippen LogP) is 2.60. The van der Waals surface area contributed by atoms with Crippen molar-refractivity contribution in [3.8, 4) is 0 Å². The minimum atomic E-state index is -0.0260. The van der Waals surface area contributed by atoms with E-state index in [0.29, 0.717) is 12.5 Å². The molecule has 0 radical (unpaired) electrons. The molecule has 0 aliphatic carbocycles. The third kappa shape index (κ3) is 3.27. The number of rotatable bonds is 3. The van der Waals surface area contributed by atoms with Crippen molar-refractivity contribution in [2.24, 2.45) is 13.0 Å². The maximum Gasteiger partial charge on any atom is 0.330 e. The van der Waals surface area contributed by atoms with Gasteiger partial charge < -0.3 is 4.90 Å². The number of likely N-dealkylation sites (tertiary alicyclic amines) is 1. The first-order valence-corrected chi connectivity index (χ1v) is 9.41. The van der Waals surface area contributed by atoms with Crippen LogP contribution in [0.4, 0.5) is 0 Å². The molecule has 1 aliphatic rings. The lowest BCUT2D eigenvalue weighted by Gasteiger charge is -2.32. The van der Waals surface area contributed by atoms with Gasteiger partial charge in [-0.2, -0.15) is 0 Å². The standard InChI is InChI=1S/C21H24N4O2/c1-15-5-3-6-17(13-15)20(26)24-11-8-16(9-12-24)14-25-19-18(7-4-10-22-19)23(2)21(25)27/h3-7,10,13,16H,8-9,11-12,14H2,1-2H3. The fourth-order valence-electron chi connectivity index (χ4n) is 3.94. The second-order valence-electron chi connectivity index (χ2n) is 7.40. The number of hydrogen-bond donors (Lipinski definition) is 0.